The van der Waals surface area contributed by atoms with E-state index in [2.05, 4.69) is 10.3 Å². The molecule has 0 bridgehead atoms. The number of halogens is 3. The first kappa shape index (κ1) is 21.2. The fourth-order valence-electron chi connectivity index (χ4n) is 3.12. The van der Waals surface area contributed by atoms with Crippen LogP contribution in [0.15, 0.2) is 48.7 Å². The molecule has 1 amide bonds. The van der Waals surface area contributed by atoms with Crippen molar-refractivity contribution in [2.24, 2.45) is 5.92 Å². The zero-order chi connectivity index (χ0) is 21.9. The van der Waals surface area contributed by atoms with E-state index >= 15 is 0 Å². The molecule has 0 aliphatic rings. The third-order valence-electron chi connectivity index (χ3n) is 4.52. The predicted octanol–water partition coefficient (Wildman–Crippen LogP) is 5.49. The molecule has 0 saturated carbocycles. The maximum Gasteiger partial charge on any atom is 0.417 e. The van der Waals surface area contributed by atoms with Gasteiger partial charge in [0.05, 0.1) is 22.9 Å². The number of nitrogens with zero attached hydrogens (tertiary/aromatic N) is 1. The summed E-state index contributed by atoms with van der Waals surface area (Å²) in [5.41, 5.74) is -0.193. The van der Waals surface area contributed by atoms with Crippen molar-refractivity contribution in [1.29, 1.82) is 5.26 Å². The van der Waals surface area contributed by atoms with Gasteiger partial charge in [0.15, 0.2) is 6.10 Å². The summed E-state index contributed by atoms with van der Waals surface area (Å²) in [7, 11) is 0. The second-order valence-electron chi connectivity index (χ2n) is 7.29. The third-order valence-corrected chi connectivity index (χ3v) is 4.52. The molecule has 0 radical (unpaired) electrons. The van der Waals surface area contributed by atoms with E-state index in [-0.39, 0.29) is 11.7 Å². The zero-order valence-electron chi connectivity index (χ0n) is 16.4. The minimum absolute atomic E-state index is 0.0594. The third kappa shape index (κ3) is 4.74. The minimum Gasteiger partial charge on any atom is -0.481 e. The number of alkyl halides is 3. The van der Waals surface area contributed by atoms with Crippen molar-refractivity contribution >= 4 is 22.5 Å². The second-order valence-corrected chi connectivity index (χ2v) is 7.29. The topological polar surface area (TPSA) is 77.9 Å². The molecule has 2 aromatic carbocycles. The van der Waals surface area contributed by atoms with Gasteiger partial charge in [0.2, 0.25) is 0 Å². The van der Waals surface area contributed by atoms with Gasteiger partial charge in [0.1, 0.15) is 5.75 Å². The number of fused-ring (bicyclic) bond motifs is 1. The number of H-pyrrole nitrogens is 1. The Bertz CT molecular complexity index is 1100. The van der Waals surface area contributed by atoms with Crippen LogP contribution in [0.2, 0.25) is 0 Å². The summed E-state index contributed by atoms with van der Waals surface area (Å²) < 4.78 is 45.3. The number of hydrogen-bond donors (Lipinski definition) is 2. The fourth-order valence-corrected chi connectivity index (χ4v) is 3.12. The molecule has 30 heavy (non-hydrogen) atoms. The largest absolute Gasteiger partial charge is 0.481 e. The van der Waals surface area contributed by atoms with Crippen molar-refractivity contribution < 1.29 is 22.7 Å². The number of benzene rings is 2. The Hall–Kier alpha value is -3.47. The molecule has 0 saturated heterocycles. The highest BCUT2D eigenvalue weighted by Crippen LogP contribution is 2.34. The van der Waals surface area contributed by atoms with Crippen LogP contribution in [0.1, 0.15) is 31.4 Å². The van der Waals surface area contributed by atoms with Crippen LogP contribution in [0.5, 0.6) is 5.75 Å². The monoisotopic (exact) mass is 415 g/mol. The number of amides is 1. The fraction of sp³-hybridized carbons (Fsp3) is 0.273. The van der Waals surface area contributed by atoms with Crippen molar-refractivity contribution in [3.8, 4) is 11.8 Å². The molecular formula is C22H20F3N3O2. The van der Waals surface area contributed by atoms with Gasteiger partial charge in [-0.3, -0.25) is 4.79 Å². The Morgan fingerprint density at radius 1 is 1.23 bits per heavy atom. The van der Waals surface area contributed by atoms with Crippen LogP contribution in [0.4, 0.5) is 18.9 Å². The summed E-state index contributed by atoms with van der Waals surface area (Å²) in [6.07, 6.45) is -3.76. The first-order valence-corrected chi connectivity index (χ1v) is 9.34. The van der Waals surface area contributed by atoms with Crippen LogP contribution in [0.3, 0.4) is 0 Å². The number of ether oxygens (including phenoxy) is 1. The number of carbonyl (C=O) groups excluding carboxylic acids is 1. The van der Waals surface area contributed by atoms with Gasteiger partial charge in [0.25, 0.3) is 5.91 Å². The number of rotatable bonds is 6. The van der Waals surface area contributed by atoms with Crippen molar-refractivity contribution in [1.82, 2.24) is 4.98 Å². The van der Waals surface area contributed by atoms with Gasteiger partial charge in [-0.15, -0.1) is 0 Å². The molecule has 8 heteroatoms. The van der Waals surface area contributed by atoms with Crippen molar-refractivity contribution in [2.75, 3.05) is 5.32 Å². The number of anilines is 1. The second kappa shape index (κ2) is 8.49. The summed E-state index contributed by atoms with van der Waals surface area (Å²) >= 11 is 0. The number of aromatic amines is 1. The van der Waals surface area contributed by atoms with Gasteiger partial charge < -0.3 is 15.0 Å². The lowest BCUT2D eigenvalue weighted by molar-refractivity contribution is -0.137. The number of aromatic nitrogens is 1. The average Bonchev–Trinajstić information content (AvgIpc) is 3.09. The van der Waals surface area contributed by atoms with E-state index in [0.717, 1.165) is 23.0 Å². The van der Waals surface area contributed by atoms with E-state index in [1.807, 2.05) is 38.1 Å². The Labute approximate surface area is 171 Å². The van der Waals surface area contributed by atoms with E-state index in [9.17, 15) is 18.0 Å². The average molecular weight is 415 g/mol. The number of carbonyl (C=O) groups is 1. The van der Waals surface area contributed by atoms with Gasteiger partial charge in [-0.25, -0.2) is 0 Å². The summed E-state index contributed by atoms with van der Waals surface area (Å²) in [5.74, 6) is -0.531. The van der Waals surface area contributed by atoms with E-state index in [1.54, 1.807) is 6.20 Å². The summed E-state index contributed by atoms with van der Waals surface area (Å²) in [6.45, 7) is 3.77. The standard InChI is InChI=1S/C22H20F3N3O2/c1-13(2)9-20(21(29)28-19-12-27-18-6-4-3-5-16(18)19)30-15-8-7-14(11-26)17(10-15)22(23,24)25/h3-8,10,12-13,20,27H,9H2,1-2H3,(H,28,29). The molecule has 0 fully saturated rings. The van der Waals surface area contributed by atoms with Crippen molar-refractivity contribution in [3.63, 3.8) is 0 Å². The Balaban J connectivity index is 1.86. The van der Waals surface area contributed by atoms with Crippen LogP contribution in [-0.2, 0) is 11.0 Å². The van der Waals surface area contributed by atoms with Gasteiger partial charge >= 0.3 is 6.18 Å². The lowest BCUT2D eigenvalue weighted by atomic mass is 10.0. The molecule has 0 aliphatic heterocycles. The molecule has 5 nitrogen and oxygen atoms in total. The first-order chi connectivity index (χ1) is 14.2. The van der Waals surface area contributed by atoms with Gasteiger partial charge in [0, 0.05) is 17.1 Å². The molecule has 1 atom stereocenters. The Kier molecular flexibility index (Phi) is 6.01. The maximum absolute atomic E-state index is 13.2. The maximum atomic E-state index is 13.2. The highest BCUT2D eigenvalue weighted by Gasteiger charge is 2.34. The molecule has 156 valence electrons. The van der Waals surface area contributed by atoms with Crippen LogP contribution < -0.4 is 10.1 Å². The smallest absolute Gasteiger partial charge is 0.417 e. The molecule has 3 aromatic rings. The predicted molar refractivity (Wildman–Crippen MR) is 107 cm³/mol. The zero-order valence-corrected chi connectivity index (χ0v) is 16.4. The molecule has 3 rings (SSSR count). The number of nitrogens with one attached hydrogen (secondary N) is 2. The summed E-state index contributed by atoms with van der Waals surface area (Å²) in [6, 6.07) is 12.0. The van der Waals surface area contributed by atoms with Gasteiger partial charge in [-0.1, -0.05) is 32.0 Å². The molecule has 2 N–H and O–H groups in total. The minimum atomic E-state index is -4.70. The normalized spacial score (nSPS) is 12.6. The van der Waals surface area contributed by atoms with Crippen molar-refractivity contribution in [2.45, 2.75) is 32.5 Å². The van der Waals surface area contributed by atoms with E-state index in [4.69, 9.17) is 10.00 Å². The Morgan fingerprint density at radius 2 is 1.97 bits per heavy atom. The molecule has 1 heterocycles. The molecule has 0 aliphatic carbocycles. The number of para-hydroxylation sites is 1. The van der Waals surface area contributed by atoms with E-state index < -0.39 is 29.3 Å². The molecule has 1 unspecified atom stereocenters. The Morgan fingerprint density at radius 3 is 2.63 bits per heavy atom. The number of nitriles is 1. The van der Waals surface area contributed by atoms with Crippen LogP contribution in [-0.4, -0.2) is 17.0 Å². The molecular weight excluding hydrogens is 395 g/mol. The quantitative estimate of drug-likeness (QED) is 0.559. The first-order valence-electron chi connectivity index (χ1n) is 9.34. The highest BCUT2D eigenvalue weighted by atomic mass is 19.4. The SMILES string of the molecule is CC(C)CC(Oc1ccc(C#N)c(C(F)(F)F)c1)C(=O)Nc1c[nH]c2ccccc12. The summed E-state index contributed by atoms with van der Waals surface area (Å²) in [5, 5.41) is 12.5. The van der Waals surface area contributed by atoms with Crippen molar-refractivity contribution in [3.05, 3.63) is 59.8 Å². The summed E-state index contributed by atoms with van der Waals surface area (Å²) in [4.78, 5) is 15.9. The number of hydrogen-bond acceptors (Lipinski definition) is 3. The van der Waals surface area contributed by atoms with E-state index in [1.165, 1.54) is 12.1 Å². The van der Waals surface area contributed by atoms with Crippen LogP contribution in [0.25, 0.3) is 10.9 Å². The lowest BCUT2D eigenvalue weighted by Crippen LogP contribution is -2.34. The molecule has 1 aromatic heterocycles. The van der Waals surface area contributed by atoms with Crippen LogP contribution >= 0.6 is 0 Å². The van der Waals surface area contributed by atoms with Gasteiger partial charge in [-0.2, -0.15) is 18.4 Å². The van der Waals surface area contributed by atoms with Gasteiger partial charge in [-0.05, 0) is 36.6 Å². The highest BCUT2D eigenvalue weighted by molar-refractivity contribution is 6.03. The lowest BCUT2D eigenvalue weighted by Gasteiger charge is -2.21. The molecule has 0 spiro atoms. The van der Waals surface area contributed by atoms with E-state index in [0.29, 0.717) is 12.1 Å². The van der Waals surface area contributed by atoms with Crippen LogP contribution in [0, 0.1) is 17.2 Å².